The molecular formula is C29H38O4S. The SMILES string of the molecule is CC(C)(C)C(C(=O)CCC(O)COC1=CC2SC(=O)C(c3ccccc3)=CC2C=C1)C(C)(C)C. The summed E-state index contributed by atoms with van der Waals surface area (Å²) in [6.07, 6.45) is 7.94. The smallest absolute Gasteiger partial charge is 0.220 e. The highest BCUT2D eigenvalue weighted by molar-refractivity contribution is 8.15. The Labute approximate surface area is 208 Å². The van der Waals surface area contributed by atoms with Crippen molar-refractivity contribution < 1.29 is 19.4 Å². The summed E-state index contributed by atoms with van der Waals surface area (Å²) in [4.78, 5) is 25.6. The molecule has 3 atom stereocenters. The van der Waals surface area contributed by atoms with Crippen LogP contribution in [0.4, 0.5) is 0 Å². The van der Waals surface area contributed by atoms with Gasteiger partial charge in [-0.1, -0.05) is 95.8 Å². The normalized spacial score (nSPS) is 21.6. The van der Waals surface area contributed by atoms with Crippen molar-refractivity contribution in [2.24, 2.45) is 22.7 Å². The fourth-order valence-corrected chi connectivity index (χ4v) is 6.37. The number of fused-ring (bicyclic) bond motifs is 1. The lowest BCUT2D eigenvalue weighted by atomic mass is 9.64. The van der Waals surface area contributed by atoms with Crippen LogP contribution in [0.2, 0.25) is 0 Å². The molecule has 34 heavy (non-hydrogen) atoms. The van der Waals surface area contributed by atoms with Gasteiger partial charge in [-0.15, -0.1) is 0 Å². The molecular weight excluding hydrogens is 444 g/mol. The van der Waals surface area contributed by atoms with Crippen LogP contribution in [-0.4, -0.2) is 34.0 Å². The van der Waals surface area contributed by atoms with Gasteiger partial charge in [-0.3, -0.25) is 9.59 Å². The number of benzene rings is 1. The van der Waals surface area contributed by atoms with E-state index in [1.54, 1.807) is 0 Å². The molecule has 1 N–H and O–H groups in total. The van der Waals surface area contributed by atoms with Crippen LogP contribution in [0, 0.1) is 22.7 Å². The number of ketones is 1. The van der Waals surface area contributed by atoms with Gasteiger partial charge >= 0.3 is 0 Å². The van der Waals surface area contributed by atoms with Crippen LogP contribution in [0.25, 0.3) is 5.57 Å². The van der Waals surface area contributed by atoms with Crippen molar-refractivity contribution in [1.29, 1.82) is 0 Å². The molecule has 0 fully saturated rings. The van der Waals surface area contributed by atoms with Crippen molar-refractivity contribution in [3.05, 3.63) is 66.0 Å². The molecule has 3 unspecified atom stereocenters. The maximum atomic E-state index is 12.9. The van der Waals surface area contributed by atoms with E-state index in [0.29, 0.717) is 18.6 Å². The number of carbonyl (C=O) groups is 2. The Bertz CT molecular complexity index is 962. The predicted octanol–water partition coefficient (Wildman–Crippen LogP) is 6.22. The van der Waals surface area contributed by atoms with E-state index in [9.17, 15) is 14.7 Å². The molecule has 0 saturated carbocycles. The van der Waals surface area contributed by atoms with Gasteiger partial charge < -0.3 is 9.84 Å². The number of thioether (sulfide) groups is 1. The molecule has 2 aliphatic rings. The van der Waals surface area contributed by atoms with Gasteiger partial charge in [-0.05, 0) is 35.0 Å². The minimum atomic E-state index is -0.721. The Morgan fingerprint density at radius 3 is 2.32 bits per heavy atom. The molecule has 0 aromatic heterocycles. The molecule has 4 nitrogen and oxygen atoms in total. The Morgan fingerprint density at radius 1 is 1.06 bits per heavy atom. The van der Waals surface area contributed by atoms with Gasteiger partial charge in [0, 0.05) is 29.1 Å². The molecule has 1 heterocycles. The number of rotatable bonds is 8. The van der Waals surface area contributed by atoms with E-state index in [1.807, 2.05) is 48.6 Å². The highest BCUT2D eigenvalue weighted by Crippen LogP contribution is 2.42. The van der Waals surface area contributed by atoms with Crippen molar-refractivity contribution in [2.45, 2.75) is 65.7 Å². The summed E-state index contributed by atoms with van der Waals surface area (Å²) in [5.74, 6) is 0.894. The number of Topliss-reactive ketones (excluding diaryl/α,β-unsaturated/α-hetero) is 1. The van der Waals surface area contributed by atoms with Crippen LogP contribution < -0.4 is 0 Å². The third-order valence-corrected chi connectivity index (χ3v) is 7.47. The van der Waals surface area contributed by atoms with Gasteiger partial charge in [0.2, 0.25) is 5.12 Å². The summed E-state index contributed by atoms with van der Waals surface area (Å²) in [5, 5.41) is 10.5. The largest absolute Gasteiger partial charge is 0.491 e. The Morgan fingerprint density at radius 2 is 1.71 bits per heavy atom. The van der Waals surface area contributed by atoms with Crippen LogP contribution >= 0.6 is 11.8 Å². The zero-order valence-corrected chi connectivity index (χ0v) is 22.0. The second-order valence-electron chi connectivity index (χ2n) is 11.5. The average molecular weight is 483 g/mol. The van der Waals surface area contributed by atoms with E-state index in [1.165, 1.54) is 11.8 Å². The Hall–Kier alpha value is -2.11. The predicted molar refractivity (Wildman–Crippen MR) is 140 cm³/mol. The number of hydrogen-bond acceptors (Lipinski definition) is 5. The van der Waals surface area contributed by atoms with Crippen LogP contribution in [0.5, 0.6) is 0 Å². The molecule has 0 bridgehead atoms. The number of hydrogen-bond donors (Lipinski definition) is 1. The lowest BCUT2D eigenvalue weighted by Gasteiger charge is -2.39. The zero-order chi connectivity index (χ0) is 25.1. The Kier molecular flexibility index (Phi) is 8.30. The zero-order valence-electron chi connectivity index (χ0n) is 21.2. The van der Waals surface area contributed by atoms with Gasteiger partial charge in [0.15, 0.2) is 0 Å². The lowest BCUT2D eigenvalue weighted by Crippen LogP contribution is -2.39. The maximum absolute atomic E-state index is 12.9. The fraction of sp³-hybridized carbons (Fsp3) is 0.517. The van der Waals surface area contributed by atoms with Crippen LogP contribution in [-0.2, 0) is 14.3 Å². The first-order valence-electron chi connectivity index (χ1n) is 12.1. The van der Waals surface area contributed by atoms with Crippen molar-refractivity contribution in [2.75, 3.05) is 6.61 Å². The van der Waals surface area contributed by atoms with Crippen molar-refractivity contribution in [1.82, 2.24) is 0 Å². The van der Waals surface area contributed by atoms with Gasteiger partial charge in [-0.25, -0.2) is 0 Å². The molecule has 1 aromatic rings. The molecule has 184 valence electrons. The monoisotopic (exact) mass is 482 g/mol. The first-order chi connectivity index (χ1) is 15.9. The third-order valence-electron chi connectivity index (χ3n) is 6.32. The second kappa shape index (κ2) is 10.7. The summed E-state index contributed by atoms with van der Waals surface area (Å²) in [6, 6.07) is 9.73. The minimum Gasteiger partial charge on any atom is -0.491 e. The topological polar surface area (TPSA) is 63.6 Å². The number of carbonyl (C=O) groups excluding carboxylic acids is 2. The van der Waals surface area contributed by atoms with Crippen molar-refractivity contribution >= 4 is 28.2 Å². The first kappa shape index (κ1) is 26.5. The number of aliphatic hydroxyl groups excluding tert-OH is 1. The molecule has 0 spiro atoms. The molecule has 0 saturated heterocycles. The highest BCUT2D eigenvalue weighted by atomic mass is 32.2. The molecule has 1 aliphatic carbocycles. The molecule has 3 rings (SSSR count). The second-order valence-corrected chi connectivity index (χ2v) is 12.6. The van der Waals surface area contributed by atoms with E-state index in [2.05, 4.69) is 47.6 Å². The summed E-state index contributed by atoms with van der Waals surface area (Å²) in [5.41, 5.74) is 1.43. The van der Waals surface area contributed by atoms with Crippen molar-refractivity contribution in [3.8, 4) is 0 Å². The summed E-state index contributed by atoms with van der Waals surface area (Å²) >= 11 is 1.31. The standard InChI is InChI=1S/C29H38O4S/c1-28(2,3)26(29(4,5)6)24(31)15-13-21(30)18-33-22-14-12-20-16-23(19-10-8-7-9-11-19)27(32)34-25(20)17-22/h7-12,14,16-17,20-21,25-26,30H,13,15,18H2,1-6H3. The van der Waals surface area contributed by atoms with E-state index >= 15 is 0 Å². The molecule has 0 radical (unpaired) electrons. The van der Waals surface area contributed by atoms with E-state index in [0.717, 1.165) is 11.1 Å². The van der Waals surface area contributed by atoms with E-state index in [-0.39, 0.29) is 45.4 Å². The quantitative estimate of drug-likeness (QED) is 0.477. The lowest BCUT2D eigenvalue weighted by molar-refractivity contribution is -0.131. The van der Waals surface area contributed by atoms with Crippen LogP contribution in [0.1, 0.15) is 59.9 Å². The van der Waals surface area contributed by atoms with Gasteiger partial charge in [0.05, 0.1) is 6.10 Å². The average Bonchev–Trinajstić information content (AvgIpc) is 2.74. The summed E-state index contributed by atoms with van der Waals surface area (Å²) in [6.45, 7) is 12.7. The molecule has 1 aliphatic heterocycles. The van der Waals surface area contributed by atoms with E-state index < -0.39 is 6.10 Å². The van der Waals surface area contributed by atoms with Crippen LogP contribution in [0.15, 0.2) is 60.4 Å². The Balaban J connectivity index is 1.53. The number of allylic oxidation sites excluding steroid dienone is 3. The summed E-state index contributed by atoms with van der Waals surface area (Å²) < 4.78 is 5.84. The maximum Gasteiger partial charge on any atom is 0.220 e. The number of aliphatic hydroxyl groups is 1. The highest BCUT2D eigenvalue weighted by Gasteiger charge is 2.39. The fourth-order valence-electron chi connectivity index (χ4n) is 5.28. The van der Waals surface area contributed by atoms with Gasteiger partial charge in [0.25, 0.3) is 0 Å². The van der Waals surface area contributed by atoms with Gasteiger partial charge in [0.1, 0.15) is 18.1 Å². The van der Waals surface area contributed by atoms with Crippen LogP contribution in [0.3, 0.4) is 0 Å². The summed E-state index contributed by atoms with van der Waals surface area (Å²) in [7, 11) is 0. The van der Waals surface area contributed by atoms with Gasteiger partial charge in [-0.2, -0.15) is 0 Å². The molecule has 0 amide bonds. The van der Waals surface area contributed by atoms with Crippen molar-refractivity contribution in [3.63, 3.8) is 0 Å². The number of ether oxygens (including phenoxy) is 1. The molecule has 5 heteroatoms. The minimum absolute atomic E-state index is 0.0157. The van der Waals surface area contributed by atoms with E-state index in [4.69, 9.17) is 4.74 Å². The third kappa shape index (κ3) is 6.73. The molecule has 1 aromatic carbocycles. The first-order valence-corrected chi connectivity index (χ1v) is 13.0.